The maximum atomic E-state index is 9.38. The summed E-state index contributed by atoms with van der Waals surface area (Å²) in [5.41, 5.74) is -0.344. The van der Waals surface area contributed by atoms with Crippen molar-refractivity contribution < 1.29 is 9.47 Å². The normalized spacial score (nSPS) is 17.9. The molecule has 0 aromatic heterocycles. The van der Waals surface area contributed by atoms with Crippen LogP contribution in [0.4, 0.5) is 0 Å². The maximum absolute atomic E-state index is 9.38. The van der Waals surface area contributed by atoms with E-state index in [0.717, 1.165) is 32.3 Å². The van der Waals surface area contributed by atoms with Gasteiger partial charge in [0, 0.05) is 19.3 Å². The van der Waals surface area contributed by atoms with Crippen LogP contribution in [0.15, 0.2) is 0 Å². The first kappa shape index (κ1) is 16.4. The van der Waals surface area contributed by atoms with E-state index in [1.54, 1.807) is 0 Å². The molecule has 4 heteroatoms. The largest absolute Gasteiger partial charge is 0.379 e. The first-order valence-corrected chi connectivity index (χ1v) is 7.60. The van der Waals surface area contributed by atoms with E-state index in [9.17, 15) is 5.26 Å². The minimum absolute atomic E-state index is 0.344. The predicted octanol–water partition coefficient (Wildman–Crippen LogP) is 2.63. The second-order valence-corrected chi connectivity index (χ2v) is 5.29. The van der Waals surface area contributed by atoms with E-state index in [0.29, 0.717) is 25.9 Å². The van der Waals surface area contributed by atoms with Crippen LogP contribution >= 0.6 is 0 Å². The molecule has 1 fully saturated rings. The minimum Gasteiger partial charge on any atom is -0.379 e. The van der Waals surface area contributed by atoms with Gasteiger partial charge in [-0.3, -0.25) is 5.32 Å². The van der Waals surface area contributed by atoms with E-state index in [1.165, 1.54) is 12.8 Å². The third-order valence-corrected chi connectivity index (χ3v) is 3.49. The lowest BCUT2D eigenvalue weighted by Gasteiger charge is -2.26. The van der Waals surface area contributed by atoms with Crippen LogP contribution in [0.2, 0.25) is 0 Å². The average Bonchev–Trinajstić information content (AvgIpc) is 3.24. The van der Waals surface area contributed by atoms with Crippen molar-refractivity contribution in [1.82, 2.24) is 5.32 Å². The zero-order valence-electron chi connectivity index (χ0n) is 12.4. The van der Waals surface area contributed by atoms with Gasteiger partial charge in [0.05, 0.1) is 19.3 Å². The van der Waals surface area contributed by atoms with Gasteiger partial charge in [-0.1, -0.05) is 13.8 Å². The molecule has 0 spiro atoms. The Morgan fingerprint density at radius 1 is 1.16 bits per heavy atom. The molecule has 1 aliphatic carbocycles. The molecule has 4 nitrogen and oxygen atoms in total. The van der Waals surface area contributed by atoms with E-state index >= 15 is 0 Å². The summed E-state index contributed by atoms with van der Waals surface area (Å²) in [4.78, 5) is 0. The maximum Gasteiger partial charge on any atom is 0.106 e. The topological polar surface area (TPSA) is 54.3 Å². The van der Waals surface area contributed by atoms with Gasteiger partial charge in [-0.2, -0.15) is 5.26 Å². The monoisotopic (exact) mass is 268 g/mol. The summed E-state index contributed by atoms with van der Waals surface area (Å²) in [5.74, 6) is 0. The highest BCUT2D eigenvalue weighted by atomic mass is 16.5. The van der Waals surface area contributed by atoms with Crippen LogP contribution < -0.4 is 5.32 Å². The van der Waals surface area contributed by atoms with Crippen molar-refractivity contribution in [2.24, 2.45) is 0 Å². The fraction of sp³-hybridized carbons (Fsp3) is 0.933. The Morgan fingerprint density at radius 2 is 1.84 bits per heavy atom. The standard InChI is InChI=1S/C15H28N2O2/c1-3-9-18-11-12-19-10-5-8-15(4-2,13-16)17-14-6-7-14/h14,17H,3-12H2,1-2H3. The van der Waals surface area contributed by atoms with E-state index in [4.69, 9.17) is 9.47 Å². The summed E-state index contributed by atoms with van der Waals surface area (Å²) in [7, 11) is 0. The van der Waals surface area contributed by atoms with Crippen molar-refractivity contribution >= 4 is 0 Å². The third kappa shape index (κ3) is 6.91. The summed E-state index contributed by atoms with van der Waals surface area (Å²) in [6.07, 6.45) is 6.14. The van der Waals surface area contributed by atoms with Gasteiger partial charge < -0.3 is 9.47 Å². The molecule has 0 heterocycles. The smallest absolute Gasteiger partial charge is 0.106 e. The number of nitrogens with zero attached hydrogens (tertiary/aromatic N) is 1. The van der Waals surface area contributed by atoms with Crippen LogP contribution in [0.5, 0.6) is 0 Å². The quantitative estimate of drug-likeness (QED) is 0.553. The van der Waals surface area contributed by atoms with Gasteiger partial charge in [-0.05, 0) is 38.5 Å². The molecule has 1 aliphatic rings. The summed E-state index contributed by atoms with van der Waals surface area (Å²) in [6.45, 7) is 7.03. The number of nitriles is 1. The minimum atomic E-state index is -0.344. The Bertz CT molecular complexity index is 274. The van der Waals surface area contributed by atoms with Crippen molar-refractivity contribution in [3.63, 3.8) is 0 Å². The zero-order valence-corrected chi connectivity index (χ0v) is 12.4. The lowest BCUT2D eigenvalue weighted by atomic mass is 9.92. The average molecular weight is 268 g/mol. The van der Waals surface area contributed by atoms with Crippen LogP contribution in [0.3, 0.4) is 0 Å². The summed E-state index contributed by atoms with van der Waals surface area (Å²) >= 11 is 0. The fourth-order valence-corrected chi connectivity index (χ4v) is 2.08. The molecule has 0 amide bonds. The van der Waals surface area contributed by atoms with Crippen LogP contribution in [0, 0.1) is 11.3 Å². The molecular formula is C15H28N2O2. The molecule has 1 rings (SSSR count). The summed E-state index contributed by atoms with van der Waals surface area (Å²) in [5, 5.41) is 12.9. The molecule has 0 radical (unpaired) electrons. The Kier molecular flexibility index (Phi) is 8.04. The molecule has 0 aromatic carbocycles. The SMILES string of the molecule is CCCOCCOCCCC(C#N)(CC)NC1CC1. The number of hydrogen-bond acceptors (Lipinski definition) is 4. The van der Waals surface area contributed by atoms with Crippen molar-refractivity contribution in [3.05, 3.63) is 0 Å². The lowest BCUT2D eigenvalue weighted by molar-refractivity contribution is 0.0452. The number of nitrogens with one attached hydrogen (secondary N) is 1. The number of ether oxygens (including phenoxy) is 2. The molecule has 0 bridgehead atoms. The van der Waals surface area contributed by atoms with Gasteiger partial charge in [-0.15, -0.1) is 0 Å². The molecule has 0 aliphatic heterocycles. The third-order valence-electron chi connectivity index (χ3n) is 3.49. The molecule has 1 unspecified atom stereocenters. The Hall–Kier alpha value is -0.630. The van der Waals surface area contributed by atoms with Crippen LogP contribution in [-0.4, -0.2) is 38.0 Å². The Labute approximate surface area is 117 Å². The second kappa shape index (κ2) is 9.30. The highest BCUT2D eigenvalue weighted by molar-refractivity contribution is 5.09. The predicted molar refractivity (Wildman–Crippen MR) is 76.0 cm³/mol. The molecule has 0 saturated heterocycles. The van der Waals surface area contributed by atoms with Gasteiger partial charge in [0.25, 0.3) is 0 Å². The highest BCUT2D eigenvalue weighted by Gasteiger charge is 2.34. The Morgan fingerprint density at radius 3 is 2.37 bits per heavy atom. The fourth-order valence-electron chi connectivity index (χ4n) is 2.08. The molecule has 1 atom stereocenters. The summed E-state index contributed by atoms with van der Waals surface area (Å²) < 4.78 is 10.9. The first-order chi connectivity index (χ1) is 9.26. The van der Waals surface area contributed by atoms with Gasteiger partial charge in [0.2, 0.25) is 0 Å². The summed E-state index contributed by atoms with van der Waals surface area (Å²) in [6, 6.07) is 3.04. The highest BCUT2D eigenvalue weighted by Crippen LogP contribution is 2.26. The van der Waals surface area contributed by atoms with Gasteiger partial charge in [-0.25, -0.2) is 0 Å². The lowest BCUT2D eigenvalue weighted by Crippen LogP contribution is -2.44. The Balaban J connectivity index is 2.06. The zero-order chi connectivity index (χ0) is 14.0. The van der Waals surface area contributed by atoms with Crippen LogP contribution in [0.25, 0.3) is 0 Å². The van der Waals surface area contributed by atoms with Crippen LogP contribution in [-0.2, 0) is 9.47 Å². The van der Waals surface area contributed by atoms with Crippen LogP contribution in [0.1, 0.15) is 52.4 Å². The van der Waals surface area contributed by atoms with Gasteiger partial charge >= 0.3 is 0 Å². The van der Waals surface area contributed by atoms with E-state index < -0.39 is 0 Å². The number of rotatable bonds is 12. The van der Waals surface area contributed by atoms with E-state index in [2.05, 4.69) is 25.2 Å². The van der Waals surface area contributed by atoms with Crippen molar-refractivity contribution in [1.29, 1.82) is 5.26 Å². The van der Waals surface area contributed by atoms with Gasteiger partial charge in [0.1, 0.15) is 5.54 Å². The van der Waals surface area contributed by atoms with Crippen molar-refractivity contribution in [2.75, 3.05) is 26.4 Å². The molecule has 19 heavy (non-hydrogen) atoms. The molecular weight excluding hydrogens is 240 g/mol. The molecule has 0 aromatic rings. The van der Waals surface area contributed by atoms with E-state index in [-0.39, 0.29) is 5.54 Å². The molecule has 110 valence electrons. The first-order valence-electron chi connectivity index (χ1n) is 7.60. The second-order valence-electron chi connectivity index (χ2n) is 5.29. The number of hydrogen-bond donors (Lipinski definition) is 1. The molecule has 1 N–H and O–H groups in total. The molecule has 1 saturated carbocycles. The van der Waals surface area contributed by atoms with E-state index in [1.807, 2.05) is 0 Å². The van der Waals surface area contributed by atoms with Gasteiger partial charge in [0.15, 0.2) is 0 Å². The van der Waals surface area contributed by atoms with Crippen molar-refractivity contribution in [2.45, 2.75) is 64.0 Å². The van der Waals surface area contributed by atoms with Crippen molar-refractivity contribution in [3.8, 4) is 6.07 Å².